The number of hydrogen-bond donors (Lipinski definition) is 2. The second-order valence-electron chi connectivity index (χ2n) is 4.77. The molecule has 1 aliphatic rings. The highest BCUT2D eigenvalue weighted by Crippen LogP contribution is 2.26. The molecule has 0 saturated carbocycles. The summed E-state index contributed by atoms with van der Waals surface area (Å²) in [5, 5.41) is 11.6. The van der Waals surface area contributed by atoms with Gasteiger partial charge in [-0.1, -0.05) is 18.2 Å². The number of carbonyl (C=O) groups is 2. The second kappa shape index (κ2) is 5.73. The molecule has 1 aromatic carbocycles. The van der Waals surface area contributed by atoms with Crippen molar-refractivity contribution in [3.05, 3.63) is 29.8 Å². The zero-order valence-corrected chi connectivity index (χ0v) is 10.9. The smallest absolute Gasteiger partial charge is 0.328 e. The normalized spacial score (nSPS) is 15.5. The Morgan fingerprint density at radius 3 is 2.84 bits per heavy atom. The van der Waals surface area contributed by atoms with Crippen LogP contribution in [0.2, 0.25) is 0 Å². The first-order valence-electron chi connectivity index (χ1n) is 6.40. The van der Waals surface area contributed by atoms with Crippen LogP contribution in [-0.2, 0) is 16.0 Å². The topological polar surface area (TPSA) is 69.6 Å². The summed E-state index contributed by atoms with van der Waals surface area (Å²) in [5.41, 5.74) is 2.31. The van der Waals surface area contributed by atoms with Crippen LogP contribution in [0.1, 0.15) is 18.9 Å². The average Bonchev–Trinajstić information content (AvgIpc) is 2.37. The number of hydrogen-bond acceptors (Lipinski definition) is 3. The molecule has 1 heterocycles. The molecule has 19 heavy (non-hydrogen) atoms. The fraction of sp³-hybridized carbons (Fsp3) is 0.429. The molecule has 1 amide bonds. The number of nitrogens with zero attached hydrogens (tertiary/aromatic N) is 1. The lowest BCUT2D eigenvalue weighted by Gasteiger charge is -2.33. The highest BCUT2D eigenvalue weighted by molar-refractivity contribution is 5.82. The third kappa shape index (κ3) is 3.24. The number of carbonyl (C=O) groups excluding carboxylic acids is 1. The highest BCUT2D eigenvalue weighted by atomic mass is 16.4. The van der Waals surface area contributed by atoms with Crippen LogP contribution < -0.4 is 10.2 Å². The summed E-state index contributed by atoms with van der Waals surface area (Å²) < 4.78 is 0. The Morgan fingerprint density at radius 1 is 1.42 bits per heavy atom. The van der Waals surface area contributed by atoms with E-state index in [1.54, 1.807) is 0 Å². The van der Waals surface area contributed by atoms with Crippen LogP contribution in [-0.4, -0.2) is 36.1 Å². The highest BCUT2D eigenvalue weighted by Gasteiger charge is 2.24. The van der Waals surface area contributed by atoms with Crippen molar-refractivity contribution in [1.82, 2.24) is 5.32 Å². The molecule has 1 unspecified atom stereocenters. The SMILES string of the molecule is CC(=O)NC(CN1CCCc2ccccc21)C(=O)O. The minimum Gasteiger partial charge on any atom is -0.480 e. The Labute approximate surface area is 112 Å². The summed E-state index contributed by atoms with van der Waals surface area (Å²) >= 11 is 0. The number of fused-ring (bicyclic) bond motifs is 1. The van der Waals surface area contributed by atoms with Gasteiger partial charge in [0.15, 0.2) is 0 Å². The number of carboxylic acid groups (broad SMARTS) is 1. The van der Waals surface area contributed by atoms with Gasteiger partial charge in [-0.3, -0.25) is 4.79 Å². The van der Waals surface area contributed by atoms with E-state index < -0.39 is 12.0 Å². The van der Waals surface area contributed by atoms with Crippen molar-refractivity contribution in [3.63, 3.8) is 0 Å². The van der Waals surface area contributed by atoms with Gasteiger partial charge in [0, 0.05) is 25.7 Å². The summed E-state index contributed by atoms with van der Waals surface area (Å²) in [7, 11) is 0. The van der Waals surface area contributed by atoms with E-state index >= 15 is 0 Å². The van der Waals surface area contributed by atoms with Gasteiger partial charge in [-0.25, -0.2) is 4.79 Å². The third-order valence-electron chi connectivity index (χ3n) is 3.29. The molecule has 0 bridgehead atoms. The first-order chi connectivity index (χ1) is 9.08. The molecule has 0 aliphatic carbocycles. The number of carboxylic acids is 1. The van der Waals surface area contributed by atoms with Crippen LogP contribution in [0.5, 0.6) is 0 Å². The quantitative estimate of drug-likeness (QED) is 0.850. The molecule has 5 heteroatoms. The fourth-order valence-corrected chi connectivity index (χ4v) is 2.45. The summed E-state index contributed by atoms with van der Waals surface area (Å²) in [4.78, 5) is 24.3. The summed E-state index contributed by atoms with van der Waals surface area (Å²) in [6.07, 6.45) is 2.02. The predicted octanol–water partition coefficient (Wildman–Crippen LogP) is 1.03. The van der Waals surface area contributed by atoms with Crippen molar-refractivity contribution in [1.29, 1.82) is 0 Å². The van der Waals surface area contributed by atoms with E-state index in [2.05, 4.69) is 11.4 Å². The Kier molecular flexibility index (Phi) is 4.04. The molecule has 1 aliphatic heterocycles. The van der Waals surface area contributed by atoms with Gasteiger partial charge in [-0.15, -0.1) is 0 Å². The summed E-state index contributed by atoms with van der Waals surface area (Å²) in [5.74, 6) is -1.32. The number of rotatable bonds is 4. The van der Waals surface area contributed by atoms with Gasteiger partial charge >= 0.3 is 5.97 Å². The number of para-hydroxylation sites is 1. The molecule has 102 valence electrons. The second-order valence-corrected chi connectivity index (χ2v) is 4.77. The maximum absolute atomic E-state index is 11.2. The molecule has 0 radical (unpaired) electrons. The first-order valence-corrected chi connectivity index (χ1v) is 6.40. The van der Waals surface area contributed by atoms with Crippen molar-refractivity contribution in [3.8, 4) is 0 Å². The number of benzene rings is 1. The lowest BCUT2D eigenvalue weighted by Crippen LogP contribution is -2.49. The summed E-state index contributed by atoms with van der Waals surface area (Å²) in [6, 6.07) is 7.14. The maximum atomic E-state index is 11.2. The molecule has 0 aromatic heterocycles. The van der Waals surface area contributed by atoms with Crippen LogP contribution >= 0.6 is 0 Å². The maximum Gasteiger partial charge on any atom is 0.328 e. The Hall–Kier alpha value is -2.04. The van der Waals surface area contributed by atoms with Crippen LogP contribution in [0, 0.1) is 0 Å². The fourth-order valence-electron chi connectivity index (χ4n) is 2.45. The van der Waals surface area contributed by atoms with E-state index in [1.807, 2.05) is 23.1 Å². The van der Waals surface area contributed by atoms with Gasteiger partial charge in [-0.2, -0.15) is 0 Å². The lowest BCUT2D eigenvalue weighted by molar-refractivity contribution is -0.141. The number of amides is 1. The van der Waals surface area contributed by atoms with Gasteiger partial charge < -0.3 is 15.3 Å². The van der Waals surface area contributed by atoms with Crippen LogP contribution in [0.25, 0.3) is 0 Å². The zero-order valence-electron chi connectivity index (χ0n) is 10.9. The van der Waals surface area contributed by atoms with E-state index in [-0.39, 0.29) is 5.91 Å². The van der Waals surface area contributed by atoms with Crippen LogP contribution in [0.15, 0.2) is 24.3 Å². The van der Waals surface area contributed by atoms with Crippen LogP contribution in [0.3, 0.4) is 0 Å². The molecular weight excluding hydrogens is 244 g/mol. The van der Waals surface area contributed by atoms with Crippen molar-refractivity contribution in [2.45, 2.75) is 25.8 Å². The summed E-state index contributed by atoms with van der Waals surface area (Å²) in [6.45, 7) is 2.45. The lowest BCUT2D eigenvalue weighted by atomic mass is 10.0. The van der Waals surface area contributed by atoms with Crippen molar-refractivity contribution in [2.24, 2.45) is 0 Å². The van der Waals surface area contributed by atoms with Gasteiger partial charge in [0.05, 0.1) is 0 Å². The third-order valence-corrected chi connectivity index (χ3v) is 3.29. The number of aliphatic carboxylic acids is 1. The number of anilines is 1. The van der Waals surface area contributed by atoms with Gasteiger partial charge in [0.1, 0.15) is 6.04 Å². The van der Waals surface area contributed by atoms with E-state index in [4.69, 9.17) is 5.11 Å². The zero-order chi connectivity index (χ0) is 13.8. The van der Waals surface area contributed by atoms with Gasteiger partial charge in [0.2, 0.25) is 5.91 Å². The van der Waals surface area contributed by atoms with Crippen molar-refractivity contribution >= 4 is 17.6 Å². The minimum absolute atomic E-state index is 0.298. The Balaban J connectivity index is 2.14. The van der Waals surface area contributed by atoms with E-state index in [9.17, 15) is 9.59 Å². The molecule has 0 spiro atoms. The number of aryl methyl sites for hydroxylation is 1. The van der Waals surface area contributed by atoms with Gasteiger partial charge in [0.25, 0.3) is 0 Å². The molecule has 0 fully saturated rings. The monoisotopic (exact) mass is 262 g/mol. The van der Waals surface area contributed by atoms with E-state index in [0.29, 0.717) is 6.54 Å². The molecule has 1 aromatic rings. The Morgan fingerprint density at radius 2 is 2.16 bits per heavy atom. The number of nitrogens with one attached hydrogen (secondary N) is 1. The molecule has 0 saturated heterocycles. The molecule has 2 N–H and O–H groups in total. The van der Waals surface area contributed by atoms with E-state index in [0.717, 1.165) is 25.1 Å². The Bertz CT molecular complexity index is 487. The molecule has 5 nitrogen and oxygen atoms in total. The van der Waals surface area contributed by atoms with Crippen molar-refractivity contribution < 1.29 is 14.7 Å². The van der Waals surface area contributed by atoms with E-state index in [1.165, 1.54) is 12.5 Å². The molecule has 2 rings (SSSR count). The molecular formula is C14H18N2O3. The first kappa shape index (κ1) is 13.4. The standard InChI is InChI=1S/C14H18N2O3/c1-10(17)15-12(14(18)19)9-16-8-4-6-11-5-2-3-7-13(11)16/h2-3,5,7,12H,4,6,8-9H2,1H3,(H,15,17)(H,18,19). The predicted molar refractivity (Wildman–Crippen MR) is 72.2 cm³/mol. The average molecular weight is 262 g/mol. The largest absolute Gasteiger partial charge is 0.480 e. The van der Waals surface area contributed by atoms with Crippen molar-refractivity contribution in [2.75, 3.05) is 18.0 Å². The molecule has 1 atom stereocenters. The minimum atomic E-state index is -1.00. The van der Waals surface area contributed by atoms with Gasteiger partial charge in [-0.05, 0) is 24.5 Å². The van der Waals surface area contributed by atoms with Crippen LogP contribution in [0.4, 0.5) is 5.69 Å².